The van der Waals surface area contributed by atoms with Crippen molar-refractivity contribution in [1.29, 1.82) is 0 Å². The molecule has 1 aromatic rings. The normalized spacial score (nSPS) is 13.7. The minimum absolute atomic E-state index is 0.0201. The lowest BCUT2D eigenvalue weighted by Crippen LogP contribution is -2.55. The van der Waals surface area contributed by atoms with Gasteiger partial charge in [-0.2, -0.15) is 0 Å². The highest BCUT2D eigenvalue weighted by Gasteiger charge is 2.21. The van der Waals surface area contributed by atoms with Gasteiger partial charge in [0, 0.05) is 63.3 Å². The van der Waals surface area contributed by atoms with Gasteiger partial charge in [0.25, 0.3) is 0 Å². The van der Waals surface area contributed by atoms with Crippen molar-refractivity contribution in [2.75, 3.05) is 45.8 Å². The zero-order valence-corrected chi connectivity index (χ0v) is 37.3. The Morgan fingerprint density at radius 1 is 0.550 bits per heavy atom. The van der Waals surface area contributed by atoms with Crippen LogP contribution in [0.1, 0.15) is 117 Å². The minimum Gasteiger partial charge on any atom is -0.352 e. The van der Waals surface area contributed by atoms with Crippen LogP contribution < -0.4 is 65.1 Å². The molecule has 0 bridgehead atoms. The van der Waals surface area contributed by atoms with Crippen LogP contribution in [0.25, 0.3) is 0 Å². The lowest BCUT2D eigenvalue weighted by atomic mass is 10.0. The van der Waals surface area contributed by atoms with Crippen molar-refractivity contribution in [3.63, 3.8) is 0 Å². The van der Waals surface area contributed by atoms with E-state index in [2.05, 4.69) is 82.5 Å². The molecule has 0 saturated heterocycles. The van der Waals surface area contributed by atoms with E-state index in [1.165, 1.54) is 25.7 Å². The molecule has 0 aliphatic rings. The Hall–Kier alpha value is -4.35. The molecular formula is C43H82N12O5. The highest BCUT2D eigenvalue weighted by atomic mass is 16.2. The van der Waals surface area contributed by atoms with Gasteiger partial charge in [-0.05, 0) is 69.0 Å². The van der Waals surface area contributed by atoms with E-state index in [1.54, 1.807) is 0 Å². The molecule has 0 radical (unpaired) electrons. The first kappa shape index (κ1) is 53.7. The van der Waals surface area contributed by atoms with Gasteiger partial charge in [-0.15, -0.1) is 0 Å². The van der Waals surface area contributed by atoms with Crippen molar-refractivity contribution >= 4 is 30.0 Å². The zero-order valence-electron chi connectivity index (χ0n) is 37.3. The van der Waals surface area contributed by atoms with E-state index in [0.717, 1.165) is 31.2 Å². The number of nitrogens with one attached hydrogen (secondary N) is 9. The largest absolute Gasteiger partial charge is 0.352 e. The minimum atomic E-state index is -0.676. The lowest BCUT2D eigenvalue weighted by molar-refractivity contribution is -0.121. The molecular weight excluding hydrogens is 765 g/mol. The van der Waals surface area contributed by atoms with Crippen LogP contribution in [0.3, 0.4) is 0 Å². The van der Waals surface area contributed by atoms with Crippen LogP contribution in [-0.4, -0.2) is 106 Å². The summed E-state index contributed by atoms with van der Waals surface area (Å²) in [6, 6.07) is 6.65. The summed E-state index contributed by atoms with van der Waals surface area (Å²) in [7, 11) is 0. The van der Waals surface area contributed by atoms with Crippen LogP contribution in [0.2, 0.25) is 0 Å². The second-order valence-electron chi connectivity index (χ2n) is 16.7. The Bertz CT molecular complexity index is 1320. The number of benzene rings is 1. The van der Waals surface area contributed by atoms with Gasteiger partial charge >= 0.3 is 24.1 Å². The fourth-order valence-electron chi connectivity index (χ4n) is 6.93. The third kappa shape index (κ3) is 29.0. The number of hydrogen-bond donors (Lipinski definition) is 12. The molecule has 0 aliphatic carbocycles. The summed E-state index contributed by atoms with van der Waals surface area (Å²) in [6.07, 6.45) is 11.3. The Morgan fingerprint density at radius 2 is 1.02 bits per heavy atom. The molecule has 5 atom stereocenters. The summed E-state index contributed by atoms with van der Waals surface area (Å²) in [5.74, 6) is 0.617. The summed E-state index contributed by atoms with van der Waals surface area (Å²) in [4.78, 5) is 63.1. The lowest BCUT2D eigenvalue weighted by Gasteiger charge is -2.27. The number of unbranched alkanes of at least 4 members (excludes halogenated alkanes) is 6. The third-order valence-corrected chi connectivity index (χ3v) is 9.95. The molecule has 0 fully saturated rings. The molecule has 0 unspecified atom stereocenters. The quantitative estimate of drug-likeness (QED) is 0.0466. The fourth-order valence-corrected chi connectivity index (χ4v) is 6.93. The van der Waals surface area contributed by atoms with Crippen LogP contribution in [0.5, 0.6) is 0 Å². The Balaban J connectivity index is 2.73. The van der Waals surface area contributed by atoms with E-state index in [4.69, 9.17) is 17.2 Å². The predicted octanol–water partition coefficient (Wildman–Crippen LogP) is 3.27. The van der Waals surface area contributed by atoms with E-state index in [9.17, 15) is 24.0 Å². The number of primary amides is 1. The number of nitrogens with two attached hydrogens (primary N) is 3. The van der Waals surface area contributed by atoms with Gasteiger partial charge in [0.15, 0.2) is 0 Å². The summed E-state index contributed by atoms with van der Waals surface area (Å²) in [5, 5.41) is 26.8. The summed E-state index contributed by atoms with van der Waals surface area (Å²) in [5.41, 5.74) is 17.8. The van der Waals surface area contributed by atoms with E-state index >= 15 is 0 Å². The fraction of sp³-hybridized carbons (Fsp3) is 0.744. The van der Waals surface area contributed by atoms with Crippen LogP contribution in [0, 0.1) is 11.8 Å². The second kappa shape index (κ2) is 33.4. The first-order chi connectivity index (χ1) is 28.7. The number of rotatable bonds is 33. The molecule has 9 amide bonds. The maximum absolute atomic E-state index is 13.2. The first-order valence-electron chi connectivity index (χ1n) is 22.4. The van der Waals surface area contributed by atoms with Gasteiger partial charge in [-0.1, -0.05) is 103 Å². The maximum atomic E-state index is 13.2. The Kier molecular flexibility index (Phi) is 29.9. The number of amides is 9. The van der Waals surface area contributed by atoms with Gasteiger partial charge in [-0.25, -0.2) is 19.2 Å². The molecule has 344 valence electrons. The van der Waals surface area contributed by atoms with Crippen molar-refractivity contribution in [2.24, 2.45) is 29.0 Å². The first-order valence-corrected chi connectivity index (χ1v) is 22.4. The van der Waals surface area contributed by atoms with Crippen molar-refractivity contribution < 1.29 is 24.0 Å². The second-order valence-corrected chi connectivity index (χ2v) is 16.7. The Morgan fingerprint density at radius 3 is 1.53 bits per heavy atom. The molecule has 0 aliphatic heterocycles. The molecule has 60 heavy (non-hydrogen) atoms. The SMILES string of the molecule is CCCCCCCCCC(=O)N[C@H](CNC(=O)N[C@@H](CCN)CNC(=O)N[C@H](CN[C@H](CNC(=O)N[C@@H](CCN)CNC(N)=O)CC(C)C)CC(C)C)Cc1ccccc1. The van der Waals surface area contributed by atoms with Crippen LogP contribution in [0.4, 0.5) is 19.2 Å². The van der Waals surface area contributed by atoms with Gasteiger partial charge in [0.1, 0.15) is 0 Å². The van der Waals surface area contributed by atoms with Gasteiger partial charge < -0.3 is 65.1 Å². The van der Waals surface area contributed by atoms with E-state index < -0.39 is 18.1 Å². The number of hydrogen-bond acceptors (Lipinski definition) is 8. The predicted molar refractivity (Wildman–Crippen MR) is 241 cm³/mol. The summed E-state index contributed by atoms with van der Waals surface area (Å²) >= 11 is 0. The van der Waals surface area contributed by atoms with E-state index in [1.807, 2.05) is 30.3 Å². The van der Waals surface area contributed by atoms with Crippen LogP contribution >= 0.6 is 0 Å². The molecule has 15 N–H and O–H groups in total. The zero-order chi connectivity index (χ0) is 44.5. The van der Waals surface area contributed by atoms with Crippen molar-refractivity contribution in [3.05, 3.63) is 35.9 Å². The molecule has 0 spiro atoms. The monoisotopic (exact) mass is 847 g/mol. The number of urea groups is 4. The standard InChI is InChI=1S/C43H82N12O5/c1-6-7-8-9-10-11-15-18-39(56)52-38(25-33-16-13-12-14-17-33)30-51-42(59)54-35(20-22-45)27-49-43(60)55-37(24-32(4)5)29-47-36(23-31(2)3)28-50-41(58)53-34(19-21-44)26-48-40(46)57/h12-14,16-17,31-32,34-38,47H,6-11,15,18-30,44-45H2,1-5H3,(H,52,56)(H3,46,48,57)(H2,49,55,60)(H2,50,53,58)(H2,51,54,59)/t34-,35-,36-,37-,38-/m0/s1. The third-order valence-electron chi connectivity index (χ3n) is 9.95. The van der Waals surface area contributed by atoms with Crippen LogP contribution in [0.15, 0.2) is 30.3 Å². The van der Waals surface area contributed by atoms with Gasteiger partial charge in [0.2, 0.25) is 5.91 Å². The summed E-state index contributed by atoms with van der Waals surface area (Å²) < 4.78 is 0. The number of carbonyl (C=O) groups excluding carboxylic acids is 5. The Labute approximate surface area is 360 Å². The van der Waals surface area contributed by atoms with E-state index in [-0.39, 0.29) is 61.8 Å². The van der Waals surface area contributed by atoms with Gasteiger partial charge in [0.05, 0.1) is 6.04 Å². The van der Waals surface area contributed by atoms with Crippen molar-refractivity contribution in [2.45, 2.75) is 148 Å². The van der Waals surface area contributed by atoms with Crippen molar-refractivity contribution in [1.82, 2.24) is 47.9 Å². The average Bonchev–Trinajstić information content (AvgIpc) is 3.18. The molecule has 1 rings (SSSR count). The highest BCUT2D eigenvalue weighted by Crippen LogP contribution is 2.10. The van der Waals surface area contributed by atoms with Crippen LogP contribution in [-0.2, 0) is 11.2 Å². The molecule has 1 aromatic carbocycles. The molecule has 17 nitrogen and oxygen atoms in total. The molecule has 0 saturated carbocycles. The van der Waals surface area contributed by atoms with E-state index in [0.29, 0.717) is 70.1 Å². The molecule has 0 heterocycles. The molecule has 0 aromatic heterocycles. The summed E-state index contributed by atoms with van der Waals surface area (Å²) in [6.45, 7) is 12.6. The molecule has 17 heteroatoms. The van der Waals surface area contributed by atoms with Crippen molar-refractivity contribution in [3.8, 4) is 0 Å². The smallest absolute Gasteiger partial charge is 0.315 e. The topological polar surface area (TPSA) is 272 Å². The maximum Gasteiger partial charge on any atom is 0.315 e. The average molecular weight is 847 g/mol. The van der Waals surface area contributed by atoms with Gasteiger partial charge in [-0.3, -0.25) is 4.79 Å². The number of carbonyl (C=O) groups is 5. The highest BCUT2D eigenvalue weighted by molar-refractivity contribution is 5.77.